The van der Waals surface area contributed by atoms with Gasteiger partial charge in [-0.15, -0.1) is 0 Å². The number of nitrogens with one attached hydrogen (secondary N) is 3. The molecule has 34 heavy (non-hydrogen) atoms. The molecule has 0 aromatic heterocycles. The SMILES string of the molecule is O=C(CC(NC(=O)c1ccccc1Cl)c1ccccc1)NCC(=O)Nc1ccc(F)c(F)c1F. The highest BCUT2D eigenvalue weighted by Gasteiger charge is 2.21. The first-order chi connectivity index (χ1) is 16.3. The summed E-state index contributed by atoms with van der Waals surface area (Å²) in [6.07, 6.45) is -0.215. The summed E-state index contributed by atoms with van der Waals surface area (Å²) in [5.41, 5.74) is 0.317. The van der Waals surface area contributed by atoms with Crippen molar-refractivity contribution >= 4 is 35.0 Å². The maximum absolute atomic E-state index is 13.7. The van der Waals surface area contributed by atoms with Gasteiger partial charge in [-0.05, 0) is 29.8 Å². The van der Waals surface area contributed by atoms with Crippen molar-refractivity contribution in [2.24, 2.45) is 0 Å². The maximum atomic E-state index is 13.7. The molecular formula is C24H19ClF3N3O3. The molecule has 0 radical (unpaired) electrons. The van der Waals surface area contributed by atoms with E-state index in [4.69, 9.17) is 11.6 Å². The summed E-state index contributed by atoms with van der Waals surface area (Å²) in [5, 5.41) is 7.42. The van der Waals surface area contributed by atoms with E-state index in [2.05, 4.69) is 16.0 Å². The fourth-order valence-electron chi connectivity index (χ4n) is 3.07. The van der Waals surface area contributed by atoms with Gasteiger partial charge in [0.1, 0.15) is 0 Å². The Bertz CT molecular complexity index is 1210. The number of benzene rings is 3. The molecule has 0 bridgehead atoms. The minimum absolute atomic E-state index is 0.215. The van der Waals surface area contributed by atoms with Gasteiger partial charge in [-0.25, -0.2) is 13.2 Å². The Morgan fingerprint density at radius 3 is 2.21 bits per heavy atom. The van der Waals surface area contributed by atoms with Gasteiger partial charge in [-0.3, -0.25) is 14.4 Å². The Labute approximate surface area is 198 Å². The van der Waals surface area contributed by atoms with Crippen molar-refractivity contribution in [1.82, 2.24) is 10.6 Å². The van der Waals surface area contributed by atoms with Crippen LogP contribution in [0.4, 0.5) is 18.9 Å². The third-order valence-corrected chi connectivity index (χ3v) is 5.10. The second kappa shape index (κ2) is 11.3. The molecular weight excluding hydrogens is 471 g/mol. The fourth-order valence-corrected chi connectivity index (χ4v) is 3.29. The molecule has 3 N–H and O–H groups in total. The van der Waals surface area contributed by atoms with Crippen LogP contribution in [-0.2, 0) is 9.59 Å². The van der Waals surface area contributed by atoms with E-state index in [1.165, 1.54) is 0 Å². The summed E-state index contributed by atoms with van der Waals surface area (Å²) in [6, 6.07) is 15.9. The molecule has 3 aromatic rings. The van der Waals surface area contributed by atoms with Crippen LogP contribution < -0.4 is 16.0 Å². The zero-order valence-corrected chi connectivity index (χ0v) is 18.3. The molecule has 0 aliphatic carbocycles. The number of rotatable bonds is 8. The number of amides is 3. The third-order valence-electron chi connectivity index (χ3n) is 4.77. The van der Waals surface area contributed by atoms with Crippen LogP contribution in [0.15, 0.2) is 66.7 Å². The summed E-state index contributed by atoms with van der Waals surface area (Å²) >= 11 is 6.08. The second-order valence-electron chi connectivity index (χ2n) is 7.17. The monoisotopic (exact) mass is 489 g/mol. The Hall–Kier alpha value is -3.85. The number of hydrogen-bond donors (Lipinski definition) is 3. The molecule has 3 aromatic carbocycles. The molecule has 0 heterocycles. The highest BCUT2D eigenvalue weighted by Crippen LogP contribution is 2.21. The predicted octanol–water partition coefficient (Wildman–Crippen LogP) is 4.37. The molecule has 1 atom stereocenters. The van der Waals surface area contributed by atoms with Crippen LogP contribution in [0.5, 0.6) is 0 Å². The highest BCUT2D eigenvalue weighted by atomic mass is 35.5. The molecule has 3 amide bonds. The van der Waals surface area contributed by atoms with Gasteiger partial charge in [-0.1, -0.05) is 54.1 Å². The lowest BCUT2D eigenvalue weighted by Gasteiger charge is -2.19. The Morgan fingerprint density at radius 2 is 1.50 bits per heavy atom. The molecule has 0 aliphatic rings. The van der Waals surface area contributed by atoms with Crippen LogP contribution in [0.25, 0.3) is 0 Å². The number of halogens is 4. The summed E-state index contributed by atoms with van der Waals surface area (Å²) in [4.78, 5) is 37.2. The predicted molar refractivity (Wildman–Crippen MR) is 121 cm³/mol. The zero-order valence-electron chi connectivity index (χ0n) is 17.6. The molecule has 3 rings (SSSR count). The minimum Gasteiger partial charge on any atom is -0.347 e. The first kappa shape index (κ1) is 24.8. The molecule has 6 nitrogen and oxygen atoms in total. The van der Waals surface area contributed by atoms with Gasteiger partial charge in [0, 0.05) is 0 Å². The number of carbonyl (C=O) groups excluding carboxylic acids is 3. The Morgan fingerprint density at radius 1 is 0.824 bits per heavy atom. The van der Waals surface area contributed by atoms with Gasteiger partial charge in [-0.2, -0.15) is 0 Å². The molecule has 0 saturated heterocycles. The average molecular weight is 490 g/mol. The van der Waals surface area contributed by atoms with E-state index in [0.29, 0.717) is 11.6 Å². The first-order valence-corrected chi connectivity index (χ1v) is 10.4. The molecule has 176 valence electrons. The van der Waals surface area contributed by atoms with Crippen LogP contribution in [0.1, 0.15) is 28.4 Å². The smallest absolute Gasteiger partial charge is 0.253 e. The topological polar surface area (TPSA) is 87.3 Å². The molecule has 0 spiro atoms. The van der Waals surface area contributed by atoms with Gasteiger partial charge in [0.25, 0.3) is 5.91 Å². The summed E-state index contributed by atoms with van der Waals surface area (Å²) in [7, 11) is 0. The van der Waals surface area contributed by atoms with Gasteiger partial charge < -0.3 is 16.0 Å². The molecule has 10 heteroatoms. The normalized spacial score (nSPS) is 11.4. The quantitative estimate of drug-likeness (QED) is 0.411. The largest absolute Gasteiger partial charge is 0.347 e. The van der Waals surface area contributed by atoms with E-state index < -0.39 is 53.4 Å². The van der Waals surface area contributed by atoms with Crippen molar-refractivity contribution in [2.75, 3.05) is 11.9 Å². The lowest BCUT2D eigenvalue weighted by atomic mass is 10.0. The zero-order chi connectivity index (χ0) is 24.7. The van der Waals surface area contributed by atoms with E-state index in [1.807, 2.05) is 0 Å². The molecule has 0 fully saturated rings. The van der Waals surface area contributed by atoms with Crippen molar-refractivity contribution in [1.29, 1.82) is 0 Å². The van der Waals surface area contributed by atoms with Crippen molar-refractivity contribution in [3.05, 3.63) is 100 Å². The van der Waals surface area contributed by atoms with Crippen molar-refractivity contribution < 1.29 is 27.6 Å². The number of carbonyl (C=O) groups is 3. The van der Waals surface area contributed by atoms with E-state index in [9.17, 15) is 27.6 Å². The number of anilines is 1. The van der Waals surface area contributed by atoms with Crippen LogP contribution in [0.3, 0.4) is 0 Å². The standard InChI is InChI=1S/C24H19ClF3N3O3/c25-16-9-5-4-8-15(16)24(34)31-19(14-6-2-1-3-7-14)12-20(32)29-13-21(33)30-18-11-10-17(26)22(27)23(18)28/h1-11,19H,12-13H2,(H,29,32)(H,30,33)(H,31,34). The van der Waals surface area contributed by atoms with Crippen molar-refractivity contribution in [3.63, 3.8) is 0 Å². The second-order valence-corrected chi connectivity index (χ2v) is 7.58. The summed E-state index contributed by atoms with van der Waals surface area (Å²) < 4.78 is 40.0. The summed E-state index contributed by atoms with van der Waals surface area (Å²) in [6.45, 7) is -0.558. The van der Waals surface area contributed by atoms with Crippen LogP contribution in [0.2, 0.25) is 5.02 Å². The molecule has 0 saturated carbocycles. The lowest BCUT2D eigenvalue weighted by Crippen LogP contribution is -2.37. The lowest BCUT2D eigenvalue weighted by molar-refractivity contribution is -0.124. The van der Waals surface area contributed by atoms with E-state index in [0.717, 1.165) is 6.07 Å². The Kier molecular flexibility index (Phi) is 8.26. The van der Waals surface area contributed by atoms with E-state index in [-0.39, 0.29) is 17.0 Å². The van der Waals surface area contributed by atoms with Crippen molar-refractivity contribution in [2.45, 2.75) is 12.5 Å². The maximum Gasteiger partial charge on any atom is 0.253 e. The highest BCUT2D eigenvalue weighted by molar-refractivity contribution is 6.33. The minimum atomic E-state index is -1.72. The van der Waals surface area contributed by atoms with Crippen molar-refractivity contribution in [3.8, 4) is 0 Å². The van der Waals surface area contributed by atoms with E-state index in [1.54, 1.807) is 54.6 Å². The van der Waals surface area contributed by atoms with Crippen LogP contribution in [-0.4, -0.2) is 24.3 Å². The fraction of sp³-hybridized carbons (Fsp3) is 0.125. The average Bonchev–Trinajstić information content (AvgIpc) is 2.83. The van der Waals surface area contributed by atoms with Gasteiger partial charge >= 0.3 is 0 Å². The molecule has 0 aliphatic heterocycles. The van der Waals surface area contributed by atoms with Crippen LogP contribution >= 0.6 is 11.6 Å². The number of hydrogen-bond acceptors (Lipinski definition) is 3. The first-order valence-electron chi connectivity index (χ1n) is 10.1. The van der Waals surface area contributed by atoms with Gasteiger partial charge in [0.05, 0.1) is 35.3 Å². The summed E-state index contributed by atoms with van der Waals surface area (Å²) in [5.74, 6) is -6.59. The Balaban J connectivity index is 1.63. The van der Waals surface area contributed by atoms with E-state index >= 15 is 0 Å². The van der Waals surface area contributed by atoms with Crippen LogP contribution in [0, 0.1) is 17.5 Å². The molecule has 1 unspecified atom stereocenters. The van der Waals surface area contributed by atoms with Gasteiger partial charge in [0.2, 0.25) is 11.8 Å². The third kappa shape index (κ3) is 6.35. The van der Waals surface area contributed by atoms with Gasteiger partial charge in [0.15, 0.2) is 17.5 Å².